The van der Waals surface area contributed by atoms with Gasteiger partial charge in [-0.3, -0.25) is 9.88 Å². The van der Waals surface area contributed by atoms with Gasteiger partial charge in [-0.25, -0.2) is 0 Å². The summed E-state index contributed by atoms with van der Waals surface area (Å²) in [6.45, 7) is 4.10. The molecule has 2 rings (SSSR count). The number of nitrogens with two attached hydrogens (primary N) is 1. The third-order valence-corrected chi connectivity index (χ3v) is 4.63. The first kappa shape index (κ1) is 14.4. The van der Waals surface area contributed by atoms with Crippen LogP contribution in [0.1, 0.15) is 31.9 Å². The van der Waals surface area contributed by atoms with Gasteiger partial charge in [0, 0.05) is 33.8 Å². The largest absolute Gasteiger partial charge is 0.327 e. The van der Waals surface area contributed by atoms with Gasteiger partial charge in [0.05, 0.1) is 5.69 Å². The molecule has 0 aliphatic carbocycles. The first-order valence-electron chi connectivity index (χ1n) is 6.37. The number of hydrogen-bond acceptors (Lipinski definition) is 3. The first-order chi connectivity index (χ1) is 8.58. The lowest BCUT2D eigenvalue weighted by atomic mass is 9.97. The van der Waals surface area contributed by atoms with Crippen molar-refractivity contribution in [2.75, 3.05) is 6.54 Å². The number of piperidine rings is 1. The molecule has 3 nitrogen and oxygen atoms in total. The van der Waals surface area contributed by atoms with Crippen LogP contribution in [0.4, 0.5) is 0 Å². The smallest absolute Gasteiger partial charge is 0.0686 e. The monoisotopic (exact) mass is 375 g/mol. The highest BCUT2D eigenvalue weighted by molar-refractivity contribution is 9.11. The summed E-state index contributed by atoms with van der Waals surface area (Å²) in [5.41, 5.74) is 7.18. The van der Waals surface area contributed by atoms with Gasteiger partial charge in [-0.1, -0.05) is 6.42 Å². The summed E-state index contributed by atoms with van der Waals surface area (Å²) in [5, 5.41) is 0. The molecule has 5 heteroatoms. The average molecular weight is 377 g/mol. The summed E-state index contributed by atoms with van der Waals surface area (Å²) in [5.74, 6) is 0. The molecule has 0 spiro atoms. The van der Waals surface area contributed by atoms with E-state index in [1.807, 2.05) is 12.3 Å². The molecule has 2 unspecified atom stereocenters. The Morgan fingerprint density at radius 3 is 2.94 bits per heavy atom. The summed E-state index contributed by atoms with van der Waals surface area (Å²) in [6.07, 6.45) is 5.60. The number of hydrogen-bond donors (Lipinski definition) is 1. The second-order valence-electron chi connectivity index (χ2n) is 4.97. The van der Waals surface area contributed by atoms with E-state index in [9.17, 15) is 0 Å². The molecule has 0 amide bonds. The fourth-order valence-electron chi connectivity index (χ4n) is 2.56. The maximum atomic E-state index is 6.09. The van der Waals surface area contributed by atoms with Gasteiger partial charge in [0.2, 0.25) is 0 Å². The standard InChI is InChI=1S/C13H19Br2N3/c1-9(16)13-4-2-3-5-18(13)8-12-11(15)6-10(14)7-17-12/h6-7,9,13H,2-5,8,16H2,1H3. The van der Waals surface area contributed by atoms with Crippen LogP contribution in [0, 0.1) is 0 Å². The van der Waals surface area contributed by atoms with E-state index in [1.165, 1.54) is 19.3 Å². The Bertz CT molecular complexity index is 409. The van der Waals surface area contributed by atoms with Gasteiger partial charge < -0.3 is 5.73 Å². The molecule has 1 fully saturated rings. The Hall–Kier alpha value is 0.0300. The van der Waals surface area contributed by atoms with Gasteiger partial charge in [0.15, 0.2) is 0 Å². The molecule has 2 atom stereocenters. The molecule has 1 aromatic heterocycles. The topological polar surface area (TPSA) is 42.1 Å². The predicted octanol–water partition coefficient (Wildman–Crippen LogP) is 3.31. The number of likely N-dealkylation sites (tertiary alicyclic amines) is 1. The molecule has 1 saturated heterocycles. The first-order valence-corrected chi connectivity index (χ1v) is 7.96. The van der Waals surface area contributed by atoms with Crippen LogP contribution in [0.25, 0.3) is 0 Å². The minimum absolute atomic E-state index is 0.222. The van der Waals surface area contributed by atoms with Crippen LogP contribution in [-0.4, -0.2) is 28.5 Å². The van der Waals surface area contributed by atoms with Gasteiger partial charge in [-0.15, -0.1) is 0 Å². The summed E-state index contributed by atoms with van der Waals surface area (Å²) in [6, 6.07) is 2.75. The van der Waals surface area contributed by atoms with Crippen LogP contribution in [0.3, 0.4) is 0 Å². The van der Waals surface area contributed by atoms with Crippen molar-refractivity contribution in [3.05, 3.63) is 26.9 Å². The SMILES string of the molecule is CC(N)C1CCCCN1Cc1ncc(Br)cc1Br. The third-order valence-electron chi connectivity index (χ3n) is 3.51. The summed E-state index contributed by atoms with van der Waals surface area (Å²) < 4.78 is 2.06. The zero-order valence-electron chi connectivity index (χ0n) is 10.6. The van der Waals surface area contributed by atoms with E-state index in [2.05, 4.69) is 48.7 Å². The third kappa shape index (κ3) is 3.53. The van der Waals surface area contributed by atoms with Crippen LogP contribution >= 0.6 is 31.9 Å². The van der Waals surface area contributed by atoms with Crippen molar-refractivity contribution < 1.29 is 0 Å². The van der Waals surface area contributed by atoms with E-state index in [4.69, 9.17) is 5.73 Å². The van der Waals surface area contributed by atoms with Crippen LogP contribution in [0.2, 0.25) is 0 Å². The van der Waals surface area contributed by atoms with E-state index < -0.39 is 0 Å². The van der Waals surface area contributed by atoms with Crippen LogP contribution in [0.5, 0.6) is 0 Å². The second kappa shape index (κ2) is 6.46. The fourth-order valence-corrected chi connectivity index (χ4v) is 3.67. The van der Waals surface area contributed by atoms with Crippen molar-refractivity contribution in [2.45, 2.75) is 44.8 Å². The molecule has 18 heavy (non-hydrogen) atoms. The number of halogens is 2. The van der Waals surface area contributed by atoms with E-state index in [1.54, 1.807) is 0 Å². The summed E-state index contributed by atoms with van der Waals surface area (Å²) >= 11 is 7.01. The van der Waals surface area contributed by atoms with E-state index in [0.29, 0.717) is 6.04 Å². The minimum Gasteiger partial charge on any atom is -0.327 e. The number of rotatable bonds is 3. The van der Waals surface area contributed by atoms with E-state index >= 15 is 0 Å². The maximum Gasteiger partial charge on any atom is 0.0686 e. The molecule has 1 aliphatic heterocycles. The van der Waals surface area contributed by atoms with Gasteiger partial charge in [0.1, 0.15) is 0 Å². The highest BCUT2D eigenvalue weighted by Crippen LogP contribution is 2.25. The van der Waals surface area contributed by atoms with Crippen LogP contribution in [-0.2, 0) is 6.54 Å². The van der Waals surface area contributed by atoms with E-state index in [-0.39, 0.29) is 6.04 Å². The molecule has 2 N–H and O–H groups in total. The molecular formula is C13H19Br2N3. The van der Waals surface area contributed by atoms with E-state index in [0.717, 1.165) is 27.7 Å². The highest BCUT2D eigenvalue weighted by atomic mass is 79.9. The molecule has 0 radical (unpaired) electrons. The molecule has 0 bridgehead atoms. The number of aromatic nitrogens is 1. The Balaban J connectivity index is 2.11. The van der Waals surface area contributed by atoms with Crippen molar-refractivity contribution in [1.29, 1.82) is 0 Å². The minimum atomic E-state index is 0.222. The van der Waals surface area contributed by atoms with Crippen molar-refractivity contribution in [3.8, 4) is 0 Å². The van der Waals surface area contributed by atoms with Gasteiger partial charge in [-0.05, 0) is 64.2 Å². The lowest BCUT2D eigenvalue weighted by molar-refractivity contribution is 0.121. The molecule has 1 aliphatic rings. The molecule has 0 saturated carbocycles. The number of nitrogens with zero attached hydrogens (tertiary/aromatic N) is 2. The van der Waals surface area contributed by atoms with Crippen molar-refractivity contribution in [3.63, 3.8) is 0 Å². The van der Waals surface area contributed by atoms with Crippen molar-refractivity contribution >= 4 is 31.9 Å². The second-order valence-corrected chi connectivity index (χ2v) is 6.74. The van der Waals surface area contributed by atoms with Crippen LogP contribution < -0.4 is 5.73 Å². The lowest BCUT2D eigenvalue weighted by Crippen LogP contribution is -2.48. The molecule has 0 aromatic carbocycles. The van der Waals surface area contributed by atoms with Crippen molar-refractivity contribution in [1.82, 2.24) is 9.88 Å². The maximum absolute atomic E-state index is 6.09. The zero-order chi connectivity index (χ0) is 13.1. The fraction of sp³-hybridized carbons (Fsp3) is 0.615. The zero-order valence-corrected chi connectivity index (χ0v) is 13.7. The summed E-state index contributed by atoms with van der Waals surface area (Å²) in [7, 11) is 0. The van der Waals surface area contributed by atoms with Gasteiger partial charge >= 0.3 is 0 Å². The molecular weight excluding hydrogens is 358 g/mol. The Morgan fingerprint density at radius 1 is 1.50 bits per heavy atom. The summed E-state index contributed by atoms with van der Waals surface area (Å²) in [4.78, 5) is 6.96. The quantitative estimate of drug-likeness (QED) is 0.879. The molecule has 1 aromatic rings. The Labute approximate surface area is 125 Å². The van der Waals surface area contributed by atoms with Gasteiger partial charge in [0.25, 0.3) is 0 Å². The number of pyridine rings is 1. The Kier molecular flexibility index (Phi) is 5.18. The van der Waals surface area contributed by atoms with Crippen molar-refractivity contribution in [2.24, 2.45) is 5.73 Å². The average Bonchev–Trinajstić information content (AvgIpc) is 2.33. The lowest BCUT2D eigenvalue weighted by Gasteiger charge is -2.37. The predicted molar refractivity (Wildman–Crippen MR) is 81.3 cm³/mol. The molecule has 2 heterocycles. The highest BCUT2D eigenvalue weighted by Gasteiger charge is 2.26. The van der Waals surface area contributed by atoms with Gasteiger partial charge in [-0.2, -0.15) is 0 Å². The van der Waals surface area contributed by atoms with Crippen LogP contribution in [0.15, 0.2) is 21.2 Å². The Morgan fingerprint density at radius 2 is 2.28 bits per heavy atom. The normalized spacial score (nSPS) is 23.0. The molecule has 100 valence electrons.